The van der Waals surface area contributed by atoms with Gasteiger partial charge in [-0.3, -0.25) is 14.8 Å². The Morgan fingerprint density at radius 2 is 2.10 bits per heavy atom. The molecule has 0 atom stereocenters. The van der Waals surface area contributed by atoms with Gasteiger partial charge in [0.25, 0.3) is 5.69 Å². The van der Waals surface area contributed by atoms with Gasteiger partial charge in [0.1, 0.15) is 11.5 Å². The van der Waals surface area contributed by atoms with E-state index in [1.807, 2.05) is 13.8 Å². The third-order valence-electron chi connectivity index (χ3n) is 3.12. The van der Waals surface area contributed by atoms with E-state index in [1.165, 1.54) is 10.7 Å². The Balaban J connectivity index is 2.75. The highest BCUT2D eigenvalue weighted by molar-refractivity contribution is 6.30. The smallest absolute Gasteiger partial charge is 0.280 e. The first-order valence-electron chi connectivity index (χ1n) is 6.09. The molecule has 20 heavy (non-hydrogen) atoms. The molecule has 0 fully saturated rings. The second kappa shape index (κ2) is 5.13. The standard InChI is InChI=1S/C13H15ClN4O2/c1-7(2)11-12(16-17(3)13(11)15)9-5-4-8(14)6-10(9)18(19)20/h4-7H,15H2,1-3H3. The normalized spacial score (nSPS) is 11.1. The van der Waals surface area contributed by atoms with Crippen LogP contribution in [-0.2, 0) is 7.05 Å². The van der Waals surface area contributed by atoms with E-state index in [0.29, 0.717) is 22.1 Å². The van der Waals surface area contributed by atoms with Crippen LogP contribution in [0, 0.1) is 10.1 Å². The molecule has 0 saturated carbocycles. The molecular formula is C13H15ClN4O2. The molecule has 7 heteroatoms. The Morgan fingerprint density at radius 3 is 2.65 bits per heavy atom. The first-order valence-corrected chi connectivity index (χ1v) is 6.47. The van der Waals surface area contributed by atoms with Crippen LogP contribution in [0.25, 0.3) is 11.3 Å². The molecule has 1 heterocycles. The average molecular weight is 295 g/mol. The minimum atomic E-state index is -0.462. The van der Waals surface area contributed by atoms with Crippen LogP contribution in [0.2, 0.25) is 5.02 Å². The second-order valence-electron chi connectivity index (χ2n) is 4.84. The predicted molar refractivity (Wildman–Crippen MR) is 78.8 cm³/mol. The summed E-state index contributed by atoms with van der Waals surface area (Å²) in [4.78, 5) is 10.7. The molecular weight excluding hydrogens is 280 g/mol. The lowest BCUT2D eigenvalue weighted by Crippen LogP contribution is -2.00. The monoisotopic (exact) mass is 294 g/mol. The first-order chi connectivity index (χ1) is 9.32. The molecule has 0 spiro atoms. The van der Waals surface area contributed by atoms with Gasteiger partial charge in [0, 0.05) is 23.7 Å². The molecule has 0 aliphatic carbocycles. The van der Waals surface area contributed by atoms with E-state index >= 15 is 0 Å². The van der Waals surface area contributed by atoms with Gasteiger partial charge in [-0.25, -0.2) is 0 Å². The van der Waals surface area contributed by atoms with Gasteiger partial charge in [0.05, 0.1) is 10.5 Å². The maximum absolute atomic E-state index is 11.2. The number of halogens is 1. The maximum atomic E-state index is 11.2. The number of rotatable bonds is 3. The zero-order valence-electron chi connectivity index (χ0n) is 11.4. The highest BCUT2D eigenvalue weighted by Gasteiger charge is 2.24. The van der Waals surface area contributed by atoms with E-state index in [9.17, 15) is 10.1 Å². The Hall–Kier alpha value is -2.08. The van der Waals surface area contributed by atoms with Gasteiger partial charge in [-0.15, -0.1) is 0 Å². The molecule has 2 rings (SSSR count). The Kier molecular flexibility index (Phi) is 3.67. The number of nitrogens with two attached hydrogens (primary N) is 1. The predicted octanol–water partition coefficient (Wildman–Crippen LogP) is 3.35. The summed E-state index contributed by atoms with van der Waals surface area (Å²) in [5, 5.41) is 15.8. The van der Waals surface area contributed by atoms with Crippen LogP contribution in [-0.4, -0.2) is 14.7 Å². The molecule has 2 N–H and O–H groups in total. The summed E-state index contributed by atoms with van der Waals surface area (Å²) in [5.41, 5.74) is 7.69. The van der Waals surface area contributed by atoms with Crippen molar-refractivity contribution in [3.8, 4) is 11.3 Å². The largest absolute Gasteiger partial charge is 0.384 e. The van der Waals surface area contributed by atoms with Crippen molar-refractivity contribution >= 4 is 23.1 Å². The van der Waals surface area contributed by atoms with Crippen molar-refractivity contribution < 1.29 is 4.92 Å². The minimum absolute atomic E-state index is 0.0718. The number of aryl methyl sites for hydroxylation is 1. The summed E-state index contributed by atoms with van der Waals surface area (Å²) in [6.07, 6.45) is 0. The molecule has 0 saturated heterocycles. The van der Waals surface area contributed by atoms with Gasteiger partial charge in [-0.1, -0.05) is 25.4 Å². The summed E-state index contributed by atoms with van der Waals surface area (Å²) in [6.45, 7) is 3.94. The number of aromatic nitrogens is 2. The van der Waals surface area contributed by atoms with Crippen molar-refractivity contribution in [3.05, 3.63) is 38.9 Å². The van der Waals surface area contributed by atoms with Crippen LogP contribution >= 0.6 is 11.6 Å². The molecule has 0 radical (unpaired) electrons. The topological polar surface area (TPSA) is 87.0 Å². The summed E-state index contributed by atoms with van der Waals surface area (Å²) in [5.74, 6) is 0.619. The van der Waals surface area contributed by atoms with Crippen LogP contribution in [0.15, 0.2) is 18.2 Å². The van der Waals surface area contributed by atoms with Gasteiger partial charge in [-0.05, 0) is 18.1 Å². The van der Waals surface area contributed by atoms with Crippen LogP contribution in [0.1, 0.15) is 25.3 Å². The maximum Gasteiger partial charge on any atom is 0.280 e. The number of nitro groups is 1. The van der Waals surface area contributed by atoms with Gasteiger partial charge >= 0.3 is 0 Å². The van der Waals surface area contributed by atoms with Crippen LogP contribution in [0.4, 0.5) is 11.5 Å². The minimum Gasteiger partial charge on any atom is -0.384 e. The molecule has 0 amide bonds. The quantitative estimate of drug-likeness (QED) is 0.694. The van der Waals surface area contributed by atoms with Gasteiger partial charge in [0.2, 0.25) is 0 Å². The van der Waals surface area contributed by atoms with E-state index in [4.69, 9.17) is 17.3 Å². The number of anilines is 1. The molecule has 1 aromatic heterocycles. The number of nitro benzene ring substituents is 1. The molecule has 1 aromatic carbocycles. The Labute approximate surface area is 121 Å². The van der Waals surface area contributed by atoms with Gasteiger partial charge in [0.15, 0.2) is 0 Å². The summed E-state index contributed by atoms with van der Waals surface area (Å²) < 4.78 is 1.53. The molecule has 0 aliphatic heterocycles. The third kappa shape index (κ3) is 2.34. The van der Waals surface area contributed by atoms with E-state index in [2.05, 4.69) is 5.10 Å². The van der Waals surface area contributed by atoms with E-state index in [-0.39, 0.29) is 11.6 Å². The first kappa shape index (κ1) is 14.3. The van der Waals surface area contributed by atoms with Crippen LogP contribution in [0.5, 0.6) is 0 Å². The van der Waals surface area contributed by atoms with Crippen molar-refractivity contribution in [2.45, 2.75) is 19.8 Å². The number of hydrogen-bond acceptors (Lipinski definition) is 4. The molecule has 106 valence electrons. The SMILES string of the molecule is CC(C)c1c(-c2ccc(Cl)cc2[N+](=O)[O-])nn(C)c1N. The highest BCUT2D eigenvalue weighted by atomic mass is 35.5. The lowest BCUT2D eigenvalue weighted by atomic mass is 9.98. The Bertz CT molecular complexity index is 679. The summed E-state index contributed by atoms with van der Waals surface area (Å²) >= 11 is 5.83. The van der Waals surface area contributed by atoms with Crippen molar-refractivity contribution in [1.29, 1.82) is 0 Å². The molecule has 0 aliphatic rings. The second-order valence-corrected chi connectivity index (χ2v) is 5.28. The lowest BCUT2D eigenvalue weighted by molar-refractivity contribution is -0.384. The zero-order chi connectivity index (χ0) is 15.0. The summed E-state index contributed by atoms with van der Waals surface area (Å²) in [6, 6.07) is 4.54. The van der Waals surface area contributed by atoms with Crippen molar-refractivity contribution in [1.82, 2.24) is 9.78 Å². The summed E-state index contributed by atoms with van der Waals surface area (Å²) in [7, 11) is 1.71. The van der Waals surface area contributed by atoms with E-state index in [1.54, 1.807) is 19.2 Å². The van der Waals surface area contributed by atoms with Gasteiger partial charge < -0.3 is 5.73 Å². The van der Waals surface area contributed by atoms with Crippen LogP contribution < -0.4 is 5.73 Å². The van der Waals surface area contributed by atoms with Crippen molar-refractivity contribution in [3.63, 3.8) is 0 Å². The van der Waals surface area contributed by atoms with Crippen molar-refractivity contribution in [2.75, 3.05) is 5.73 Å². The van der Waals surface area contributed by atoms with Crippen LogP contribution in [0.3, 0.4) is 0 Å². The molecule has 6 nitrogen and oxygen atoms in total. The van der Waals surface area contributed by atoms with Crippen molar-refractivity contribution in [2.24, 2.45) is 7.05 Å². The number of nitrogen functional groups attached to an aromatic ring is 1. The fourth-order valence-electron chi connectivity index (χ4n) is 2.18. The lowest BCUT2D eigenvalue weighted by Gasteiger charge is -2.07. The number of hydrogen-bond donors (Lipinski definition) is 1. The van der Waals surface area contributed by atoms with E-state index in [0.717, 1.165) is 5.56 Å². The van der Waals surface area contributed by atoms with E-state index < -0.39 is 4.92 Å². The molecule has 0 bridgehead atoms. The Morgan fingerprint density at radius 1 is 1.45 bits per heavy atom. The number of benzene rings is 1. The third-order valence-corrected chi connectivity index (χ3v) is 3.35. The highest BCUT2D eigenvalue weighted by Crippen LogP contribution is 2.38. The number of nitrogens with zero attached hydrogens (tertiary/aromatic N) is 3. The molecule has 2 aromatic rings. The fraction of sp³-hybridized carbons (Fsp3) is 0.308. The fourth-order valence-corrected chi connectivity index (χ4v) is 2.34. The van der Waals surface area contributed by atoms with Gasteiger partial charge in [-0.2, -0.15) is 5.10 Å². The molecule has 0 unspecified atom stereocenters. The zero-order valence-corrected chi connectivity index (χ0v) is 12.2. The average Bonchev–Trinajstić information content (AvgIpc) is 2.65.